The molecule has 0 saturated carbocycles. The summed E-state index contributed by atoms with van der Waals surface area (Å²) in [5, 5.41) is 2.97. The van der Waals surface area contributed by atoms with Crippen molar-refractivity contribution in [3.05, 3.63) is 120 Å². The molecule has 182 valence electrons. The summed E-state index contributed by atoms with van der Waals surface area (Å²) < 4.78 is 7.71. The number of nitrogens with zero attached hydrogens (tertiary/aromatic N) is 3. The Morgan fingerprint density at radius 1 is 0.889 bits per heavy atom. The van der Waals surface area contributed by atoms with Gasteiger partial charge < -0.3 is 19.5 Å². The summed E-state index contributed by atoms with van der Waals surface area (Å²) >= 11 is 0. The maximum Gasteiger partial charge on any atom is 0.271 e. The molecule has 0 radical (unpaired) electrons. The Balaban J connectivity index is 1.33. The number of para-hydroxylation sites is 1. The van der Waals surface area contributed by atoms with E-state index in [9.17, 15) is 9.59 Å². The van der Waals surface area contributed by atoms with Crippen LogP contribution in [0.15, 0.2) is 97.2 Å². The monoisotopic (exact) mass is 480 g/mol. The van der Waals surface area contributed by atoms with Crippen molar-refractivity contribution in [2.24, 2.45) is 0 Å². The molecule has 1 aliphatic rings. The standard InChI is InChI=1S/C29H28N4O3/c34-26(21-36-24-14-8-3-9-15-24)33-19-18-32-20-25(29(35)30-17-16-22-10-4-1-5-11-22)31-28(32)27(33)23-12-6-2-7-13-23/h1-15,20,27H,16-19,21H2,(H,30,35). The number of imidazole rings is 1. The number of hydrogen-bond donors (Lipinski definition) is 1. The highest BCUT2D eigenvalue weighted by Gasteiger charge is 2.35. The third-order valence-electron chi connectivity index (χ3n) is 6.26. The predicted octanol–water partition coefficient (Wildman–Crippen LogP) is 3.87. The normalized spacial score (nSPS) is 14.7. The van der Waals surface area contributed by atoms with E-state index in [0.717, 1.165) is 17.5 Å². The Bertz CT molecular complexity index is 1310. The number of fused-ring (bicyclic) bond motifs is 1. The lowest BCUT2D eigenvalue weighted by Crippen LogP contribution is -2.44. The van der Waals surface area contributed by atoms with Crippen LogP contribution in [0.2, 0.25) is 0 Å². The smallest absolute Gasteiger partial charge is 0.271 e. The first-order chi connectivity index (χ1) is 17.7. The van der Waals surface area contributed by atoms with E-state index in [0.29, 0.717) is 36.9 Å². The number of rotatable bonds is 8. The van der Waals surface area contributed by atoms with Gasteiger partial charge in [-0.25, -0.2) is 4.98 Å². The van der Waals surface area contributed by atoms with Crippen LogP contribution < -0.4 is 10.1 Å². The number of amides is 2. The molecule has 1 atom stereocenters. The van der Waals surface area contributed by atoms with Crippen LogP contribution in [0.4, 0.5) is 0 Å². The minimum absolute atomic E-state index is 0.0686. The summed E-state index contributed by atoms with van der Waals surface area (Å²) in [6.45, 7) is 1.50. The van der Waals surface area contributed by atoms with Gasteiger partial charge in [0.1, 0.15) is 23.3 Å². The lowest BCUT2D eigenvalue weighted by Gasteiger charge is -2.36. The van der Waals surface area contributed by atoms with Crippen LogP contribution in [-0.2, 0) is 17.8 Å². The molecule has 0 bridgehead atoms. The Hall–Kier alpha value is -4.39. The van der Waals surface area contributed by atoms with Gasteiger partial charge in [0.2, 0.25) is 0 Å². The molecule has 0 fully saturated rings. The van der Waals surface area contributed by atoms with Gasteiger partial charge in [0.05, 0.1) is 0 Å². The Morgan fingerprint density at radius 3 is 2.28 bits per heavy atom. The Kier molecular flexibility index (Phi) is 7.07. The van der Waals surface area contributed by atoms with E-state index in [-0.39, 0.29) is 18.4 Å². The molecule has 0 saturated heterocycles. The molecule has 7 heteroatoms. The number of carbonyl (C=O) groups excluding carboxylic acids is 2. The molecule has 2 heterocycles. The molecule has 3 aromatic carbocycles. The van der Waals surface area contributed by atoms with Crippen molar-refractivity contribution in [3.8, 4) is 5.75 Å². The first kappa shape index (κ1) is 23.4. The lowest BCUT2D eigenvalue weighted by atomic mass is 10.0. The fourth-order valence-electron chi connectivity index (χ4n) is 4.45. The molecule has 4 aromatic rings. The van der Waals surface area contributed by atoms with Crippen molar-refractivity contribution in [2.45, 2.75) is 19.0 Å². The first-order valence-corrected chi connectivity index (χ1v) is 12.1. The number of benzene rings is 3. The number of hydrogen-bond acceptors (Lipinski definition) is 4. The van der Waals surface area contributed by atoms with Crippen LogP contribution in [0.25, 0.3) is 0 Å². The summed E-state index contributed by atoms with van der Waals surface area (Å²) in [7, 11) is 0. The van der Waals surface area contributed by atoms with Crippen LogP contribution in [0.3, 0.4) is 0 Å². The summed E-state index contributed by atoms with van der Waals surface area (Å²) in [4.78, 5) is 32.6. The summed E-state index contributed by atoms with van der Waals surface area (Å²) in [5.74, 6) is 0.976. The minimum Gasteiger partial charge on any atom is -0.484 e. The van der Waals surface area contributed by atoms with Crippen LogP contribution in [0, 0.1) is 0 Å². The second kappa shape index (κ2) is 10.9. The van der Waals surface area contributed by atoms with Crippen molar-refractivity contribution in [3.63, 3.8) is 0 Å². The third-order valence-corrected chi connectivity index (χ3v) is 6.26. The van der Waals surface area contributed by atoms with Crippen LogP contribution in [-0.4, -0.2) is 46.0 Å². The highest BCUT2D eigenvalue weighted by molar-refractivity contribution is 5.92. The van der Waals surface area contributed by atoms with Crippen molar-refractivity contribution < 1.29 is 14.3 Å². The summed E-state index contributed by atoms with van der Waals surface area (Å²) in [6.07, 6.45) is 2.53. The number of aromatic nitrogens is 2. The van der Waals surface area contributed by atoms with Crippen molar-refractivity contribution in [1.29, 1.82) is 0 Å². The Morgan fingerprint density at radius 2 is 1.56 bits per heavy atom. The van der Waals surface area contributed by atoms with E-state index in [1.54, 1.807) is 11.1 Å². The minimum atomic E-state index is -0.405. The molecule has 1 aliphatic heterocycles. The molecule has 36 heavy (non-hydrogen) atoms. The van der Waals surface area contributed by atoms with E-state index >= 15 is 0 Å². The third kappa shape index (κ3) is 5.30. The molecular weight excluding hydrogens is 452 g/mol. The van der Waals surface area contributed by atoms with Crippen molar-refractivity contribution in [2.75, 3.05) is 19.7 Å². The fraction of sp³-hybridized carbons (Fsp3) is 0.207. The van der Waals surface area contributed by atoms with Gasteiger partial charge in [0, 0.05) is 25.8 Å². The quantitative estimate of drug-likeness (QED) is 0.416. The molecule has 1 N–H and O–H groups in total. The fourth-order valence-corrected chi connectivity index (χ4v) is 4.45. The van der Waals surface area contributed by atoms with E-state index in [4.69, 9.17) is 9.72 Å². The van der Waals surface area contributed by atoms with Gasteiger partial charge in [-0.3, -0.25) is 9.59 Å². The highest BCUT2D eigenvalue weighted by Crippen LogP contribution is 2.31. The zero-order valence-electron chi connectivity index (χ0n) is 19.9. The number of ether oxygens (including phenoxy) is 1. The van der Waals surface area contributed by atoms with Gasteiger partial charge in [-0.05, 0) is 29.7 Å². The van der Waals surface area contributed by atoms with E-state index < -0.39 is 6.04 Å². The SMILES string of the molecule is O=C(NCCc1ccccc1)c1cn2c(n1)C(c1ccccc1)N(C(=O)COc1ccccc1)CC2. The van der Waals surface area contributed by atoms with Gasteiger partial charge in [-0.1, -0.05) is 78.9 Å². The average molecular weight is 481 g/mol. The highest BCUT2D eigenvalue weighted by atomic mass is 16.5. The van der Waals surface area contributed by atoms with E-state index in [1.165, 1.54) is 0 Å². The molecule has 1 aromatic heterocycles. The number of carbonyl (C=O) groups is 2. The van der Waals surface area contributed by atoms with Crippen LogP contribution in [0.5, 0.6) is 5.75 Å². The zero-order valence-corrected chi connectivity index (χ0v) is 19.9. The maximum absolute atomic E-state index is 13.3. The molecule has 5 rings (SSSR count). The number of nitrogens with one attached hydrogen (secondary N) is 1. The van der Waals surface area contributed by atoms with Crippen LogP contribution >= 0.6 is 0 Å². The van der Waals surface area contributed by atoms with Gasteiger partial charge in [0.25, 0.3) is 11.8 Å². The molecule has 0 aliphatic carbocycles. The first-order valence-electron chi connectivity index (χ1n) is 12.1. The van der Waals surface area contributed by atoms with Gasteiger partial charge in [0.15, 0.2) is 6.61 Å². The molecular formula is C29H28N4O3. The maximum atomic E-state index is 13.3. The topological polar surface area (TPSA) is 76.5 Å². The molecule has 0 spiro atoms. The van der Waals surface area contributed by atoms with Crippen molar-refractivity contribution in [1.82, 2.24) is 19.8 Å². The largest absolute Gasteiger partial charge is 0.484 e. The molecule has 7 nitrogen and oxygen atoms in total. The van der Waals surface area contributed by atoms with E-state index in [2.05, 4.69) is 5.32 Å². The second-order valence-corrected chi connectivity index (χ2v) is 8.67. The second-order valence-electron chi connectivity index (χ2n) is 8.67. The van der Waals surface area contributed by atoms with Gasteiger partial charge in [-0.15, -0.1) is 0 Å². The van der Waals surface area contributed by atoms with E-state index in [1.807, 2.05) is 95.6 Å². The van der Waals surface area contributed by atoms with Gasteiger partial charge in [-0.2, -0.15) is 0 Å². The average Bonchev–Trinajstić information content (AvgIpc) is 3.37. The summed E-state index contributed by atoms with van der Waals surface area (Å²) in [6, 6.07) is 28.7. The summed E-state index contributed by atoms with van der Waals surface area (Å²) in [5.41, 5.74) is 2.46. The zero-order chi connectivity index (χ0) is 24.7. The Labute approximate surface area is 210 Å². The molecule has 2 amide bonds. The lowest BCUT2D eigenvalue weighted by molar-refractivity contribution is -0.136. The molecule has 1 unspecified atom stereocenters. The van der Waals surface area contributed by atoms with Gasteiger partial charge >= 0.3 is 0 Å². The predicted molar refractivity (Wildman–Crippen MR) is 137 cm³/mol. The van der Waals surface area contributed by atoms with Crippen molar-refractivity contribution >= 4 is 11.8 Å². The van der Waals surface area contributed by atoms with Crippen LogP contribution in [0.1, 0.15) is 33.5 Å².